The fourth-order valence-corrected chi connectivity index (χ4v) is 2.33. The van der Waals surface area contributed by atoms with Crippen molar-refractivity contribution in [2.75, 3.05) is 0 Å². The standard InChI is InChI=1S/C12H16N2S/c1-7(2)9-5-6-10-11(13-9)14-12(15-10)8(3)4/h5-8H,1-4H3. The van der Waals surface area contributed by atoms with Crippen molar-refractivity contribution in [1.82, 2.24) is 9.97 Å². The zero-order valence-corrected chi connectivity index (χ0v) is 10.4. The van der Waals surface area contributed by atoms with E-state index in [1.165, 1.54) is 9.71 Å². The van der Waals surface area contributed by atoms with Gasteiger partial charge in [-0.2, -0.15) is 0 Å². The van der Waals surface area contributed by atoms with Crippen LogP contribution in [-0.4, -0.2) is 9.97 Å². The van der Waals surface area contributed by atoms with Gasteiger partial charge in [-0.05, 0) is 18.1 Å². The van der Waals surface area contributed by atoms with Gasteiger partial charge < -0.3 is 0 Å². The molecule has 0 aliphatic heterocycles. The number of nitrogens with zero attached hydrogens (tertiary/aromatic N) is 2. The largest absolute Gasteiger partial charge is 0.232 e. The van der Waals surface area contributed by atoms with Crippen LogP contribution in [0, 0.1) is 0 Å². The van der Waals surface area contributed by atoms with Crippen molar-refractivity contribution < 1.29 is 0 Å². The molecule has 2 nitrogen and oxygen atoms in total. The van der Waals surface area contributed by atoms with Crippen molar-refractivity contribution in [3.05, 3.63) is 22.8 Å². The Kier molecular flexibility index (Phi) is 2.74. The fraction of sp³-hybridized carbons (Fsp3) is 0.500. The summed E-state index contributed by atoms with van der Waals surface area (Å²) >= 11 is 1.75. The Labute approximate surface area is 94.4 Å². The molecule has 0 unspecified atom stereocenters. The van der Waals surface area contributed by atoms with Crippen LogP contribution in [0.3, 0.4) is 0 Å². The van der Waals surface area contributed by atoms with Crippen molar-refractivity contribution in [1.29, 1.82) is 0 Å². The Bertz CT molecular complexity index is 465. The molecule has 3 heteroatoms. The van der Waals surface area contributed by atoms with E-state index in [2.05, 4.69) is 49.8 Å². The highest BCUT2D eigenvalue weighted by atomic mass is 32.1. The van der Waals surface area contributed by atoms with Crippen LogP contribution in [0.25, 0.3) is 10.3 Å². The Morgan fingerprint density at radius 3 is 2.33 bits per heavy atom. The molecule has 0 radical (unpaired) electrons. The van der Waals surface area contributed by atoms with Gasteiger partial charge in [-0.3, -0.25) is 0 Å². The van der Waals surface area contributed by atoms with Crippen molar-refractivity contribution in [2.45, 2.75) is 39.5 Å². The van der Waals surface area contributed by atoms with Gasteiger partial charge in [0.25, 0.3) is 0 Å². The summed E-state index contributed by atoms with van der Waals surface area (Å²) in [7, 11) is 0. The van der Waals surface area contributed by atoms with E-state index in [0.717, 1.165) is 11.3 Å². The Morgan fingerprint density at radius 1 is 1.00 bits per heavy atom. The zero-order valence-electron chi connectivity index (χ0n) is 9.61. The highest BCUT2D eigenvalue weighted by Crippen LogP contribution is 2.27. The molecule has 0 aliphatic carbocycles. The van der Waals surface area contributed by atoms with E-state index >= 15 is 0 Å². The summed E-state index contributed by atoms with van der Waals surface area (Å²) in [5.74, 6) is 0.963. The lowest BCUT2D eigenvalue weighted by Crippen LogP contribution is -1.92. The number of rotatable bonds is 2. The molecule has 2 aromatic heterocycles. The maximum Gasteiger partial charge on any atom is 0.170 e. The Balaban J connectivity index is 2.52. The first-order valence-corrected chi connectivity index (χ1v) is 6.17. The predicted molar refractivity (Wildman–Crippen MR) is 65.6 cm³/mol. The van der Waals surface area contributed by atoms with Crippen molar-refractivity contribution in [2.24, 2.45) is 0 Å². The number of aromatic nitrogens is 2. The van der Waals surface area contributed by atoms with E-state index in [9.17, 15) is 0 Å². The van der Waals surface area contributed by atoms with Crippen molar-refractivity contribution in [3.8, 4) is 0 Å². The molecule has 0 saturated carbocycles. The molecule has 0 atom stereocenters. The van der Waals surface area contributed by atoms with Crippen LogP contribution >= 0.6 is 11.3 Å². The van der Waals surface area contributed by atoms with Crippen LogP contribution in [0.4, 0.5) is 0 Å². The molecular weight excluding hydrogens is 204 g/mol. The molecule has 2 rings (SSSR count). The number of pyridine rings is 1. The molecule has 0 aromatic carbocycles. The zero-order chi connectivity index (χ0) is 11.0. The average molecular weight is 220 g/mol. The highest BCUT2D eigenvalue weighted by Gasteiger charge is 2.09. The van der Waals surface area contributed by atoms with Crippen LogP contribution in [0.15, 0.2) is 12.1 Å². The molecule has 0 amide bonds. The molecule has 0 aliphatic rings. The topological polar surface area (TPSA) is 25.8 Å². The molecule has 0 spiro atoms. The lowest BCUT2D eigenvalue weighted by molar-refractivity contribution is 0.824. The van der Waals surface area contributed by atoms with E-state index in [1.54, 1.807) is 11.3 Å². The van der Waals surface area contributed by atoms with Gasteiger partial charge in [-0.1, -0.05) is 27.7 Å². The van der Waals surface area contributed by atoms with E-state index in [4.69, 9.17) is 0 Å². The van der Waals surface area contributed by atoms with E-state index in [0.29, 0.717) is 11.8 Å². The molecule has 0 N–H and O–H groups in total. The number of hydrogen-bond acceptors (Lipinski definition) is 3. The normalized spacial score (nSPS) is 11.9. The smallest absolute Gasteiger partial charge is 0.170 e. The molecule has 0 bridgehead atoms. The third-order valence-electron chi connectivity index (χ3n) is 2.38. The van der Waals surface area contributed by atoms with Crippen LogP contribution in [0.2, 0.25) is 0 Å². The summed E-state index contributed by atoms with van der Waals surface area (Å²) in [6.07, 6.45) is 0. The van der Waals surface area contributed by atoms with Gasteiger partial charge in [0.2, 0.25) is 0 Å². The fourth-order valence-electron chi connectivity index (χ4n) is 1.42. The Morgan fingerprint density at radius 2 is 1.73 bits per heavy atom. The van der Waals surface area contributed by atoms with Gasteiger partial charge in [0.15, 0.2) is 5.65 Å². The summed E-state index contributed by atoms with van der Waals surface area (Å²) in [5.41, 5.74) is 2.04. The van der Waals surface area contributed by atoms with Gasteiger partial charge in [-0.25, -0.2) is 9.97 Å². The third-order valence-corrected chi connectivity index (χ3v) is 3.69. The third kappa shape index (κ3) is 2.02. The van der Waals surface area contributed by atoms with Gasteiger partial charge in [0, 0.05) is 11.6 Å². The van der Waals surface area contributed by atoms with Crippen molar-refractivity contribution >= 4 is 21.7 Å². The van der Waals surface area contributed by atoms with Gasteiger partial charge in [0.05, 0.1) is 9.71 Å². The first kappa shape index (κ1) is 10.6. The second-order valence-electron chi connectivity index (χ2n) is 4.42. The highest BCUT2D eigenvalue weighted by molar-refractivity contribution is 7.18. The number of hydrogen-bond donors (Lipinski definition) is 0. The van der Waals surface area contributed by atoms with Gasteiger partial charge >= 0.3 is 0 Å². The minimum atomic E-state index is 0.471. The molecule has 0 fully saturated rings. The van der Waals surface area contributed by atoms with Crippen LogP contribution in [0.1, 0.15) is 50.2 Å². The Hall–Kier alpha value is -0.960. The second-order valence-corrected chi connectivity index (χ2v) is 5.48. The maximum atomic E-state index is 4.58. The van der Waals surface area contributed by atoms with Crippen LogP contribution in [0.5, 0.6) is 0 Å². The first-order chi connectivity index (χ1) is 7.08. The molecular formula is C12H16N2S. The lowest BCUT2D eigenvalue weighted by atomic mass is 10.1. The van der Waals surface area contributed by atoms with E-state index in [-0.39, 0.29) is 0 Å². The summed E-state index contributed by atoms with van der Waals surface area (Å²) in [4.78, 5) is 9.14. The van der Waals surface area contributed by atoms with Crippen molar-refractivity contribution in [3.63, 3.8) is 0 Å². The first-order valence-electron chi connectivity index (χ1n) is 5.35. The van der Waals surface area contributed by atoms with Gasteiger partial charge in [-0.15, -0.1) is 11.3 Å². The van der Waals surface area contributed by atoms with Crippen LogP contribution < -0.4 is 0 Å². The summed E-state index contributed by atoms with van der Waals surface area (Å²) in [6, 6.07) is 4.25. The molecule has 80 valence electrons. The second kappa shape index (κ2) is 3.89. The minimum absolute atomic E-state index is 0.471. The number of thiazole rings is 1. The predicted octanol–water partition coefficient (Wildman–Crippen LogP) is 3.94. The maximum absolute atomic E-state index is 4.58. The minimum Gasteiger partial charge on any atom is -0.232 e. The number of fused-ring (bicyclic) bond motifs is 1. The molecule has 15 heavy (non-hydrogen) atoms. The average Bonchev–Trinajstić information content (AvgIpc) is 2.59. The molecule has 2 aromatic rings. The molecule has 0 saturated heterocycles. The van der Waals surface area contributed by atoms with E-state index in [1.807, 2.05) is 0 Å². The SMILES string of the molecule is CC(C)c1ccc2sc(C(C)C)nc2n1. The summed E-state index contributed by atoms with van der Waals surface area (Å²) in [6.45, 7) is 8.65. The van der Waals surface area contributed by atoms with Crippen LogP contribution in [-0.2, 0) is 0 Å². The monoisotopic (exact) mass is 220 g/mol. The molecule has 2 heterocycles. The quantitative estimate of drug-likeness (QED) is 0.766. The lowest BCUT2D eigenvalue weighted by Gasteiger charge is -2.01. The summed E-state index contributed by atoms with van der Waals surface area (Å²) < 4.78 is 1.20. The van der Waals surface area contributed by atoms with Gasteiger partial charge in [0.1, 0.15) is 0 Å². The summed E-state index contributed by atoms with van der Waals surface area (Å²) in [5, 5.41) is 1.18. The van der Waals surface area contributed by atoms with E-state index < -0.39 is 0 Å².